The molecule has 20 heavy (non-hydrogen) atoms. The molecule has 6 heteroatoms. The number of furan rings is 1. The van der Waals surface area contributed by atoms with Crippen molar-refractivity contribution in [3.63, 3.8) is 0 Å². The average molecular weight is 270 g/mol. The van der Waals surface area contributed by atoms with Crippen LogP contribution in [0.3, 0.4) is 0 Å². The van der Waals surface area contributed by atoms with Crippen LogP contribution in [0.1, 0.15) is 21.9 Å². The second-order valence-corrected chi connectivity index (χ2v) is 4.48. The Bertz CT molecular complexity index is 772. The number of carbonyl (C=O) groups excluding carboxylic acids is 1. The number of nitrogens with zero attached hydrogens (tertiary/aromatic N) is 2. The highest BCUT2D eigenvalue weighted by atomic mass is 16.3. The maximum atomic E-state index is 11.9. The number of imidazole rings is 1. The van der Waals surface area contributed by atoms with Crippen molar-refractivity contribution in [2.75, 3.05) is 0 Å². The number of para-hydroxylation sites is 1. The Labute approximate surface area is 115 Å². The van der Waals surface area contributed by atoms with Crippen LogP contribution in [0.5, 0.6) is 0 Å². The molecule has 0 saturated heterocycles. The third-order valence-corrected chi connectivity index (χ3v) is 3.29. The van der Waals surface area contributed by atoms with Crippen molar-refractivity contribution in [1.82, 2.24) is 15.0 Å². The van der Waals surface area contributed by atoms with Crippen molar-refractivity contribution in [3.8, 4) is 0 Å². The van der Waals surface area contributed by atoms with Crippen LogP contribution < -0.4 is 11.3 Å². The van der Waals surface area contributed by atoms with Gasteiger partial charge in [0.1, 0.15) is 11.4 Å². The van der Waals surface area contributed by atoms with E-state index < -0.39 is 5.91 Å². The van der Waals surface area contributed by atoms with Crippen molar-refractivity contribution in [1.29, 1.82) is 0 Å². The average Bonchev–Trinajstić information content (AvgIpc) is 3.03. The summed E-state index contributed by atoms with van der Waals surface area (Å²) < 4.78 is 7.56. The molecule has 102 valence electrons. The highest BCUT2D eigenvalue weighted by molar-refractivity contribution is 5.98. The van der Waals surface area contributed by atoms with Crippen molar-refractivity contribution < 1.29 is 9.21 Å². The van der Waals surface area contributed by atoms with Gasteiger partial charge in [0.15, 0.2) is 5.76 Å². The van der Waals surface area contributed by atoms with Gasteiger partial charge in [0.25, 0.3) is 0 Å². The lowest BCUT2D eigenvalue weighted by Crippen LogP contribution is -2.30. The van der Waals surface area contributed by atoms with Crippen LogP contribution in [0.15, 0.2) is 41.1 Å². The van der Waals surface area contributed by atoms with Crippen molar-refractivity contribution in [2.45, 2.75) is 13.5 Å². The molecule has 0 fully saturated rings. The highest BCUT2D eigenvalue weighted by Gasteiger charge is 2.20. The number of fused-ring (bicyclic) bond motifs is 1. The second-order valence-electron chi connectivity index (χ2n) is 4.48. The van der Waals surface area contributed by atoms with Gasteiger partial charge in [-0.15, -0.1) is 0 Å². The SMILES string of the molecule is Cc1nccn1Cc1c(C(=O)NN)oc2ccccc12. The number of hydrazine groups is 1. The van der Waals surface area contributed by atoms with Gasteiger partial charge >= 0.3 is 5.91 Å². The van der Waals surface area contributed by atoms with E-state index in [1.54, 1.807) is 6.20 Å². The monoisotopic (exact) mass is 270 g/mol. The van der Waals surface area contributed by atoms with E-state index in [0.717, 1.165) is 16.8 Å². The first kappa shape index (κ1) is 12.4. The maximum absolute atomic E-state index is 11.9. The molecule has 6 nitrogen and oxygen atoms in total. The lowest BCUT2D eigenvalue weighted by atomic mass is 10.1. The number of hydrogen-bond acceptors (Lipinski definition) is 4. The van der Waals surface area contributed by atoms with Gasteiger partial charge in [-0.25, -0.2) is 10.8 Å². The molecule has 0 aliphatic rings. The molecule has 0 radical (unpaired) electrons. The molecule has 2 aromatic heterocycles. The van der Waals surface area contributed by atoms with Crippen molar-refractivity contribution in [2.24, 2.45) is 5.84 Å². The molecule has 1 amide bonds. The van der Waals surface area contributed by atoms with E-state index in [1.165, 1.54) is 0 Å². The fraction of sp³-hybridized carbons (Fsp3) is 0.143. The van der Waals surface area contributed by atoms with E-state index in [2.05, 4.69) is 10.4 Å². The number of rotatable bonds is 3. The van der Waals surface area contributed by atoms with Crippen molar-refractivity contribution in [3.05, 3.63) is 53.8 Å². The lowest BCUT2D eigenvalue weighted by Gasteiger charge is -2.05. The number of aryl methyl sites for hydroxylation is 1. The van der Waals surface area contributed by atoms with E-state index in [9.17, 15) is 4.79 Å². The number of nitrogens with one attached hydrogen (secondary N) is 1. The Balaban J connectivity index is 2.16. The minimum Gasteiger partial charge on any atom is -0.450 e. The van der Waals surface area contributed by atoms with E-state index in [-0.39, 0.29) is 5.76 Å². The first-order valence-electron chi connectivity index (χ1n) is 6.20. The molecular formula is C14H14N4O2. The van der Waals surface area contributed by atoms with E-state index in [1.807, 2.05) is 42.0 Å². The van der Waals surface area contributed by atoms with Gasteiger partial charge in [-0.2, -0.15) is 0 Å². The highest BCUT2D eigenvalue weighted by Crippen LogP contribution is 2.26. The standard InChI is InChI=1S/C14H14N4O2/c1-9-16-6-7-18(9)8-11-10-4-2-3-5-12(10)20-13(11)14(19)17-15/h2-7H,8,15H2,1H3,(H,17,19). The summed E-state index contributed by atoms with van der Waals surface area (Å²) in [4.78, 5) is 16.0. The van der Waals surface area contributed by atoms with Gasteiger partial charge < -0.3 is 8.98 Å². The second kappa shape index (κ2) is 4.82. The molecule has 2 heterocycles. The van der Waals surface area contributed by atoms with Crippen molar-refractivity contribution >= 4 is 16.9 Å². The van der Waals surface area contributed by atoms with Gasteiger partial charge in [0.2, 0.25) is 0 Å². The molecule has 3 aromatic rings. The Hall–Kier alpha value is -2.60. The summed E-state index contributed by atoms with van der Waals surface area (Å²) in [5.41, 5.74) is 3.58. The third kappa shape index (κ3) is 1.96. The molecule has 0 aliphatic carbocycles. The first-order chi connectivity index (χ1) is 9.70. The van der Waals surface area contributed by atoms with Gasteiger partial charge in [-0.3, -0.25) is 10.2 Å². The molecule has 0 unspecified atom stereocenters. The van der Waals surface area contributed by atoms with Crippen LogP contribution in [-0.2, 0) is 6.54 Å². The zero-order chi connectivity index (χ0) is 14.1. The zero-order valence-electron chi connectivity index (χ0n) is 11.0. The van der Waals surface area contributed by atoms with Gasteiger partial charge in [0.05, 0.1) is 6.54 Å². The van der Waals surface area contributed by atoms with Gasteiger partial charge in [0, 0.05) is 23.3 Å². The van der Waals surface area contributed by atoms with Crippen LogP contribution in [0, 0.1) is 6.92 Å². The van der Waals surface area contributed by atoms with Crippen LogP contribution in [0.2, 0.25) is 0 Å². The number of amides is 1. The minimum absolute atomic E-state index is 0.238. The maximum Gasteiger partial charge on any atom is 0.301 e. The summed E-state index contributed by atoms with van der Waals surface area (Å²) in [6.07, 6.45) is 3.58. The summed E-state index contributed by atoms with van der Waals surface area (Å²) in [6.45, 7) is 2.41. The Morgan fingerprint density at radius 2 is 2.25 bits per heavy atom. The quantitative estimate of drug-likeness (QED) is 0.430. The minimum atomic E-state index is -0.436. The fourth-order valence-corrected chi connectivity index (χ4v) is 2.25. The number of nitrogens with two attached hydrogens (primary N) is 1. The largest absolute Gasteiger partial charge is 0.450 e. The first-order valence-corrected chi connectivity index (χ1v) is 6.20. The molecule has 3 rings (SSSR count). The Kier molecular flexibility index (Phi) is 3.00. The summed E-state index contributed by atoms with van der Waals surface area (Å²) in [6, 6.07) is 7.52. The number of nitrogen functional groups attached to an aromatic ring is 1. The predicted molar refractivity (Wildman–Crippen MR) is 73.9 cm³/mol. The van der Waals surface area contributed by atoms with Gasteiger partial charge in [-0.05, 0) is 13.0 Å². The lowest BCUT2D eigenvalue weighted by molar-refractivity contribution is 0.0926. The zero-order valence-corrected chi connectivity index (χ0v) is 11.0. The Morgan fingerprint density at radius 1 is 1.45 bits per heavy atom. The molecule has 3 N–H and O–H groups in total. The van der Waals surface area contributed by atoms with E-state index in [0.29, 0.717) is 12.1 Å². The molecule has 0 saturated carbocycles. The molecule has 0 spiro atoms. The molecule has 0 atom stereocenters. The summed E-state index contributed by atoms with van der Waals surface area (Å²) in [7, 11) is 0. The summed E-state index contributed by atoms with van der Waals surface area (Å²) >= 11 is 0. The van der Waals surface area contributed by atoms with E-state index >= 15 is 0 Å². The predicted octanol–water partition coefficient (Wildman–Crippen LogP) is 1.59. The number of aromatic nitrogens is 2. The Morgan fingerprint density at radius 3 is 2.95 bits per heavy atom. The smallest absolute Gasteiger partial charge is 0.301 e. The number of benzene rings is 1. The molecule has 0 bridgehead atoms. The molecule has 0 aliphatic heterocycles. The third-order valence-electron chi connectivity index (χ3n) is 3.29. The number of hydrogen-bond donors (Lipinski definition) is 2. The fourth-order valence-electron chi connectivity index (χ4n) is 2.25. The molecule has 1 aromatic carbocycles. The number of carbonyl (C=O) groups is 1. The summed E-state index contributed by atoms with van der Waals surface area (Å²) in [5, 5.41) is 0.902. The van der Waals surface area contributed by atoms with Crippen LogP contribution in [0.4, 0.5) is 0 Å². The van der Waals surface area contributed by atoms with E-state index in [4.69, 9.17) is 10.3 Å². The normalized spacial score (nSPS) is 10.9. The topological polar surface area (TPSA) is 86.1 Å². The summed E-state index contributed by atoms with van der Waals surface area (Å²) in [5.74, 6) is 5.89. The van der Waals surface area contributed by atoms with Crippen LogP contribution >= 0.6 is 0 Å². The molecular weight excluding hydrogens is 256 g/mol. The van der Waals surface area contributed by atoms with Crippen LogP contribution in [-0.4, -0.2) is 15.5 Å². The van der Waals surface area contributed by atoms with Crippen LogP contribution in [0.25, 0.3) is 11.0 Å². The van der Waals surface area contributed by atoms with Gasteiger partial charge in [-0.1, -0.05) is 18.2 Å².